The van der Waals surface area contributed by atoms with Crippen molar-refractivity contribution in [3.05, 3.63) is 27.7 Å². The van der Waals surface area contributed by atoms with Gasteiger partial charge in [0.25, 0.3) is 6.43 Å². The molecular weight excluding hydrogens is 182 g/mol. The number of aromatic hydroxyl groups is 1. The number of aromatic nitrogens is 1. The highest BCUT2D eigenvalue weighted by molar-refractivity contribution is 5.44. The zero-order chi connectivity index (χ0) is 10.0. The summed E-state index contributed by atoms with van der Waals surface area (Å²) in [4.78, 5) is 12.4. The van der Waals surface area contributed by atoms with E-state index in [0.717, 1.165) is 6.07 Å². The molecule has 68 valence electrons. The van der Waals surface area contributed by atoms with Crippen molar-refractivity contribution in [3.63, 3.8) is 0 Å². The molecule has 0 unspecified atom stereocenters. The van der Waals surface area contributed by atoms with Crippen LogP contribution in [0.25, 0.3) is 0 Å². The van der Waals surface area contributed by atoms with Gasteiger partial charge in [-0.2, -0.15) is 5.26 Å². The van der Waals surface area contributed by atoms with E-state index < -0.39 is 29.0 Å². The van der Waals surface area contributed by atoms with Gasteiger partial charge in [-0.1, -0.05) is 0 Å². The molecule has 0 saturated carbocycles. The van der Waals surface area contributed by atoms with E-state index in [1.54, 1.807) is 4.98 Å². The number of rotatable bonds is 1. The second-order valence-electron chi connectivity index (χ2n) is 2.22. The van der Waals surface area contributed by atoms with Gasteiger partial charge in [0.2, 0.25) is 5.56 Å². The Morgan fingerprint density at radius 2 is 2.23 bits per heavy atom. The number of pyridine rings is 1. The van der Waals surface area contributed by atoms with Crippen LogP contribution >= 0.6 is 0 Å². The summed E-state index contributed by atoms with van der Waals surface area (Å²) in [6.45, 7) is 0. The van der Waals surface area contributed by atoms with Gasteiger partial charge >= 0.3 is 0 Å². The van der Waals surface area contributed by atoms with Crippen LogP contribution in [0.1, 0.15) is 17.7 Å². The number of alkyl halides is 2. The van der Waals surface area contributed by atoms with Gasteiger partial charge in [0, 0.05) is 6.07 Å². The lowest BCUT2D eigenvalue weighted by molar-refractivity contribution is 0.141. The second-order valence-corrected chi connectivity index (χ2v) is 2.22. The minimum absolute atomic E-state index is 0.459. The van der Waals surface area contributed by atoms with Crippen molar-refractivity contribution in [2.45, 2.75) is 6.43 Å². The van der Waals surface area contributed by atoms with Gasteiger partial charge < -0.3 is 10.1 Å². The van der Waals surface area contributed by atoms with Crippen molar-refractivity contribution in [1.82, 2.24) is 4.98 Å². The summed E-state index contributed by atoms with van der Waals surface area (Å²) in [7, 11) is 0. The third kappa shape index (κ3) is 1.64. The van der Waals surface area contributed by atoms with Crippen molar-refractivity contribution in [2.75, 3.05) is 0 Å². The molecule has 0 aliphatic rings. The molecular formula is C7H4F2N2O2. The second kappa shape index (κ2) is 3.23. The average molecular weight is 186 g/mol. The summed E-state index contributed by atoms with van der Waals surface area (Å²) in [6, 6.07) is 2.18. The molecule has 0 radical (unpaired) electrons. The first kappa shape index (κ1) is 9.19. The van der Waals surface area contributed by atoms with Crippen LogP contribution in [0.5, 0.6) is 5.75 Å². The van der Waals surface area contributed by atoms with Gasteiger partial charge in [0.15, 0.2) is 5.75 Å². The maximum atomic E-state index is 12.1. The molecule has 0 aliphatic heterocycles. The Morgan fingerprint density at radius 1 is 1.62 bits per heavy atom. The quantitative estimate of drug-likeness (QED) is 0.683. The highest BCUT2D eigenvalue weighted by Gasteiger charge is 2.17. The monoisotopic (exact) mass is 186 g/mol. The smallest absolute Gasteiger partial charge is 0.282 e. The van der Waals surface area contributed by atoms with Gasteiger partial charge in [0.1, 0.15) is 17.3 Å². The number of nitrogens with one attached hydrogen (secondary N) is 1. The zero-order valence-corrected chi connectivity index (χ0v) is 6.21. The predicted octanol–water partition coefficient (Wildman–Crippen LogP) is 0.890. The first-order chi connectivity index (χ1) is 6.06. The Kier molecular flexibility index (Phi) is 2.28. The van der Waals surface area contributed by atoms with Crippen molar-refractivity contribution in [1.29, 1.82) is 5.26 Å². The summed E-state index contributed by atoms with van der Waals surface area (Å²) < 4.78 is 24.2. The Hall–Kier alpha value is -1.90. The number of hydrogen-bond acceptors (Lipinski definition) is 3. The maximum absolute atomic E-state index is 12.1. The molecule has 0 amide bonds. The van der Waals surface area contributed by atoms with E-state index in [0.29, 0.717) is 0 Å². The number of hydrogen-bond donors (Lipinski definition) is 2. The van der Waals surface area contributed by atoms with Crippen LogP contribution in [0.4, 0.5) is 8.78 Å². The average Bonchev–Trinajstić information content (AvgIpc) is 2.08. The van der Waals surface area contributed by atoms with E-state index in [-0.39, 0.29) is 0 Å². The minimum Gasteiger partial charge on any atom is -0.505 e. The van der Waals surface area contributed by atoms with Crippen molar-refractivity contribution >= 4 is 0 Å². The summed E-state index contributed by atoms with van der Waals surface area (Å²) in [5.41, 5.74) is -2.23. The Bertz CT molecular complexity index is 419. The van der Waals surface area contributed by atoms with E-state index in [9.17, 15) is 13.6 Å². The molecule has 2 N–H and O–H groups in total. The van der Waals surface area contributed by atoms with Crippen LogP contribution in [-0.4, -0.2) is 10.1 Å². The molecule has 1 heterocycles. The van der Waals surface area contributed by atoms with Gasteiger partial charge in [0.05, 0.1) is 0 Å². The molecule has 1 rings (SSSR count). The van der Waals surface area contributed by atoms with Crippen LogP contribution in [0.3, 0.4) is 0 Å². The highest BCUT2D eigenvalue weighted by atomic mass is 19.3. The number of nitriles is 1. The lowest BCUT2D eigenvalue weighted by Crippen LogP contribution is -2.09. The van der Waals surface area contributed by atoms with Crippen LogP contribution < -0.4 is 5.56 Å². The molecule has 0 aromatic carbocycles. The third-order valence-electron chi connectivity index (χ3n) is 1.38. The lowest BCUT2D eigenvalue weighted by atomic mass is 10.2. The lowest BCUT2D eigenvalue weighted by Gasteiger charge is -2.02. The van der Waals surface area contributed by atoms with E-state index in [1.807, 2.05) is 0 Å². The molecule has 0 fully saturated rings. The van der Waals surface area contributed by atoms with Crippen LogP contribution in [0.15, 0.2) is 10.9 Å². The molecule has 4 nitrogen and oxygen atoms in total. The fourth-order valence-corrected chi connectivity index (χ4v) is 0.816. The van der Waals surface area contributed by atoms with E-state index >= 15 is 0 Å². The van der Waals surface area contributed by atoms with E-state index in [4.69, 9.17) is 10.4 Å². The summed E-state index contributed by atoms with van der Waals surface area (Å²) >= 11 is 0. The zero-order valence-electron chi connectivity index (χ0n) is 6.21. The number of aromatic amines is 1. The predicted molar refractivity (Wildman–Crippen MR) is 38.4 cm³/mol. The first-order valence-electron chi connectivity index (χ1n) is 3.20. The van der Waals surface area contributed by atoms with Gasteiger partial charge in [-0.05, 0) is 0 Å². The Morgan fingerprint density at radius 3 is 2.69 bits per heavy atom. The molecule has 0 bridgehead atoms. The van der Waals surface area contributed by atoms with Crippen LogP contribution in [0.2, 0.25) is 0 Å². The molecule has 0 aliphatic carbocycles. The number of nitrogens with zero attached hydrogens (tertiary/aromatic N) is 1. The SMILES string of the molecule is N#Cc1cc(=O)[nH]c(C(F)F)c1O. The summed E-state index contributed by atoms with van der Waals surface area (Å²) in [5.74, 6) is -0.878. The fraction of sp³-hybridized carbons (Fsp3) is 0.143. The van der Waals surface area contributed by atoms with Crippen molar-refractivity contribution in [3.8, 4) is 11.8 Å². The number of halogens is 2. The molecule has 0 saturated heterocycles. The normalized spacial score (nSPS) is 10.0. The highest BCUT2D eigenvalue weighted by Crippen LogP contribution is 2.26. The molecule has 0 spiro atoms. The van der Waals surface area contributed by atoms with Gasteiger partial charge in [-0.15, -0.1) is 0 Å². The molecule has 13 heavy (non-hydrogen) atoms. The van der Waals surface area contributed by atoms with Crippen molar-refractivity contribution < 1.29 is 13.9 Å². The Balaban J connectivity index is 3.47. The minimum atomic E-state index is -3.01. The third-order valence-corrected chi connectivity index (χ3v) is 1.38. The molecule has 6 heteroatoms. The maximum Gasteiger partial charge on any atom is 0.282 e. The summed E-state index contributed by atoms with van der Waals surface area (Å²) in [6.07, 6.45) is -3.01. The van der Waals surface area contributed by atoms with Crippen LogP contribution in [0, 0.1) is 11.3 Å². The topological polar surface area (TPSA) is 76.9 Å². The van der Waals surface area contributed by atoms with E-state index in [1.165, 1.54) is 6.07 Å². The van der Waals surface area contributed by atoms with Crippen molar-refractivity contribution in [2.24, 2.45) is 0 Å². The fourth-order valence-electron chi connectivity index (χ4n) is 0.816. The summed E-state index contributed by atoms with van der Waals surface area (Å²) in [5, 5.41) is 17.4. The van der Waals surface area contributed by atoms with E-state index in [2.05, 4.69) is 0 Å². The first-order valence-corrected chi connectivity index (χ1v) is 3.20. The Labute approximate surface area is 71.1 Å². The molecule has 1 aromatic rings. The molecule has 0 atom stereocenters. The largest absolute Gasteiger partial charge is 0.505 e. The number of H-pyrrole nitrogens is 1. The van der Waals surface area contributed by atoms with Gasteiger partial charge in [-0.3, -0.25) is 4.79 Å². The van der Waals surface area contributed by atoms with Gasteiger partial charge in [-0.25, -0.2) is 8.78 Å². The molecule has 1 aromatic heterocycles. The van der Waals surface area contributed by atoms with Crippen LogP contribution in [-0.2, 0) is 0 Å². The standard InChI is InChI=1S/C7H4F2N2O2/c8-7(9)5-6(13)3(2-10)1-4(12)11-5/h1,7,13H,(H,11,12).